The molecule has 3 atom stereocenters. The minimum Gasteiger partial charge on any atom is -0.481 e. The molecule has 0 amide bonds. The average Bonchev–Trinajstić information content (AvgIpc) is 2.17. The maximum absolute atomic E-state index is 10.8. The summed E-state index contributed by atoms with van der Waals surface area (Å²) in [6.07, 6.45) is 5.21. The second-order valence-corrected chi connectivity index (χ2v) is 4.16. The molecule has 0 aromatic rings. The summed E-state index contributed by atoms with van der Waals surface area (Å²) >= 11 is 0. The molecule has 3 heteroatoms. The Morgan fingerprint density at radius 3 is 2.92 bits per heavy atom. The van der Waals surface area contributed by atoms with E-state index in [1.54, 1.807) is 0 Å². The predicted molar refractivity (Wildman–Crippen MR) is 47.4 cm³/mol. The second-order valence-electron chi connectivity index (χ2n) is 4.16. The van der Waals surface area contributed by atoms with E-state index in [4.69, 9.17) is 9.84 Å². The van der Waals surface area contributed by atoms with Gasteiger partial charge in [0.1, 0.15) is 0 Å². The Bertz CT molecular complexity index is 202. The van der Waals surface area contributed by atoms with E-state index >= 15 is 0 Å². The number of aliphatic carboxylic acids is 1. The smallest absolute Gasteiger partial charge is 0.306 e. The molecule has 0 bridgehead atoms. The fraction of sp³-hybridized carbons (Fsp3) is 0.900. The summed E-state index contributed by atoms with van der Waals surface area (Å²) in [6, 6.07) is 0. The van der Waals surface area contributed by atoms with Crippen molar-refractivity contribution in [1.29, 1.82) is 0 Å². The fourth-order valence-electron chi connectivity index (χ4n) is 2.56. The molecule has 0 spiro atoms. The van der Waals surface area contributed by atoms with Gasteiger partial charge in [-0.3, -0.25) is 4.79 Å². The van der Waals surface area contributed by atoms with Crippen LogP contribution in [-0.4, -0.2) is 23.8 Å². The van der Waals surface area contributed by atoms with Crippen LogP contribution in [0.15, 0.2) is 0 Å². The highest BCUT2D eigenvalue weighted by Crippen LogP contribution is 2.36. The highest BCUT2D eigenvalue weighted by molar-refractivity contribution is 5.70. The standard InChI is InChI=1S/C10H16O3/c11-10(12)8-3-4-9-7(6-8)2-1-5-13-9/h7-9H,1-6H2,(H,11,12)/t7-,8-,9+/m1/s1. The zero-order chi connectivity index (χ0) is 9.26. The first-order chi connectivity index (χ1) is 6.27. The number of hydrogen-bond acceptors (Lipinski definition) is 2. The van der Waals surface area contributed by atoms with E-state index in [2.05, 4.69) is 0 Å². The van der Waals surface area contributed by atoms with Crippen molar-refractivity contribution in [3.63, 3.8) is 0 Å². The predicted octanol–water partition coefficient (Wildman–Crippen LogP) is 1.67. The van der Waals surface area contributed by atoms with Crippen LogP contribution in [0.1, 0.15) is 32.1 Å². The Kier molecular flexibility index (Phi) is 2.54. The maximum atomic E-state index is 10.8. The lowest BCUT2D eigenvalue weighted by Crippen LogP contribution is -2.37. The fourth-order valence-corrected chi connectivity index (χ4v) is 2.56. The molecule has 1 aliphatic carbocycles. The average molecular weight is 184 g/mol. The van der Waals surface area contributed by atoms with Crippen LogP contribution in [0, 0.1) is 11.8 Å². The van der Waals surface area contributed by atoms with Crippen LogP contribution in [0.25, 0.3) is 0 Å². The number of carboxylic acids is 1. The third-order valence-electron chi connectivity index (χ3n) is 3.31. The van der Waals surface area contributed by atoms with Crippen molar-refractivity contribution < 1.29 is 14.6 Å². The molecule has 2 fully saturated rings. The van der Waals surface area contributed by atoms with Crippen molar-refractivity contribution in [2.24, 2.45) is 11.8 Å². The second kappa shape index (κ2) is 3.66. The molecule has 1 saturated heterocycles. The van der Waals surface area contributed by atoms with Crippen molar-refractivity contribution >= 4 is 5.97 Å². The van der Waals surface area contributed by atoms with Gasteiger partial charge in [-0.2, -0.15) is 0 Å². The lowest BCUT2D eigenvalue weighted by molar-refractivity contribution is -0.146. The van der Waals surface area contributed by atoms with Crippen LogP contribution in [-0.2, 0) is 9.53 Å². The van der Waals surface area contributed by atoms with Crippen LogP contribution >= 0.6 is 0 Å². The summed E-state index contributed by atoms with van der Waals surface area (Å²) in [7, 11) is 0. The van der Waals surface area contributed by atoms with Gasteiger partial charge < -0.3 is 9.84 Å². The number of rotatable bonds is 1. The number of hydrogen-bond donors (Lipinski definition) is 1. The van der Waals surface area contributed by atoms with Crippen molar-refractivity contribution in [2.75, 3.05) is 6.61 Å². The molecule has 2 aliphatic rings. The number of carbonyl (C=O) groups is 1. The van der Waals surface area contributed by atoms with Gasteiger partial charge in [0.2, 0.25) is 0 Å². The van der Waals surface area contributed by atoms with Gasteiger partial charge in [0.25, 0.3) is 0 Å². The topological polar surface area (TPSA) is 46.5 Å². The number of ether oxygens (including phenoxy) is 1. The minimum absolute atomic E-state index is 0.108. The van der Waals surface area contributed by atoms with Crippen LogP contribution in [0.2, 0.25) is 0 Å². The van der Waals surface area contributed by atoms with E-state index in [9.17, 15) is 4.79 Å². The third kappa shape index (κ3) is 1.85. The van der Waals surface area contributed by atoms with E-state index in [1.165, 1.54) is 0 Å². The van der Waals surface area contributed by atoms with E-state index in [-0.39, 0.29) is 5.92 Å². The van der Waals surface area contributed by atoms with Gasteiger partial charge in [-0.15, -0.1) is 0 Å². The van der Waals surface area contributed by atoms with Crippen LogP contribution < -0.4 is 0 Å². The molecule has 2 rings (SSSR count). The summed E-state index contributed by atoms with van der Waals surface area (Å²) in [5.41, 5.74) is 0. The number of fused-ring (bicyclic) bond motifs is 1. The quantitative estimate of drug-likeness (QED) is 0.674. The molecule has 1 N–H and O–H groups in total. The highest BCUT2D eigenvalue weighted by Gasteiger charge is 2.35. The Labute approximate surface area is 78.1 Å². The zero-order valence-electron chi connectivity index (χ0n) is 7.74. The Balaban J connectivity index is 1.95. The molecule has 0 aromatic heterocycles. The lowest BCUT2D eigenvalue weighted by Gasteiger charge is -2.37. The first kappa shape index (κ1) is 9.00. The van der Waals surface area contributed by atoms with E-state index in [0.717, 1.165) is 38.7 Å². The molecule has 74 valence electrons. The summed E-state index contributed by atoms with van der Waals surface area (Å²) in [5.74, 6) is -0.212. The van der Waals surface area contributed by atoms with Gasteiger partial charge >= 0.3 is 5.97 Å². The molecule has 0 unspecified atom stereocenters. The summed E-state index contributed by atoms with van der Waals surface area (Å²) in [5, 5.41) is 8.89. The van der Waals surface area contributed by atoms with Crippen molar-refractivity contribution in [3.05, 3.63) is 0 Å². The van der Waals surface area contributed by atoms with Gasteiger partial charge in [-0.25, -0.2) is 0 Å². The summed E-state index contributed by atoms with van der Waals surface area (Å²) in [6.45, 7) is 0.874. The van der Waals surface area contributed by atoms with Gasteiger partial charge in [0.05, 0.1) is 12.0 Å². The van der Waals surface area contributed by atoms with Gasteiger partial charge in [0, 0.05) is 6.61 Å². The van der Waals surface area contributed by atoms with Crippen LogP contribution in [0.4, 0.5) is 0 Å². The first-order valence-electron chi connectivity index (χ1n) is 5.12. The normalized spacial score (nSPS) is 39.5. The largest absolute Gasteiger partial charge is 0.481 e. The van der Waals surface area contributed by atoms with E-state index in [1.807, 2.05) is 0 Å². The van der Waals surface area contributed by atoms with Gasteiger partial charge in [-0.05, 0) is 38.0 Å². The molecular weight excluding hydrogens is 168 g/mol. The van der Waals surface area contributed by atoms with Gasteiger partial charge in [-0.1, -0.05) is 0 Å². The van der Waals surface area contributed by atoms with Crippen molar-refractivity contribution in [2.45, 2.75) is 38.2 Å². The molecule has 0 aromatic carbocycles. The first-order valence-corrected chi connectivity index (χ1v) is 5.12. The third-order valence-corrected chi connectivity index (χ3v) is 3.31. The Morgan fingerprint density at radius 2 is 2.15 bits per heavy atom. The molecule has 0 radical (unpaired) electrons. The highest BCUT2D eigenvalue weighted by atomic mass is 16.5. The van der Waals surface area contributed by atoms with Gasteiger partial charge in [0.15, 0.2) is 0 Å². The van der Waals surface area contributed by atoms with Crippen LogP contribution in [0.3, 0.4) is 0 Å². The number of carboxylic acid groups (broad SMARTS) is 1. The zero-order valence-corrected chi connectivity index (χ0v) is 7.74. The molecule has 1 aliphatic heterocycles. The Hall–Kier alpha value is -0.570. The monoisotopic (exact) mass is 184 g/mol. The van der Waals surface area contributed by atoms with Crippen molar-refractivity contribution in [1.82, 2.24) is 0 Å². The molecule has 1 heterocycles. The maximum Gasteiger partial charge on any atom is 0.306 e. The lowest BCUT2D eigenvalue weighted by atomic mass is 9.76. The molecule has 13 heavy (non-hydrogen) atoms. The summed E-state index contributed by atoms with van der Waals surface area (Å²) < 4.78 is 5.62. The van der Waals surface area contributed by atoms with Crippen molar-refractivity contribution in [3.8, 4) is 0 Å². The minimum atomic E-state index is -0.621. The van der Waals surface area contributed by atoms with E-state index in [0.29, 0.717) is 12.0 Å². The molecule has 1 saturated carbocycles. The Morgan fingerprint density at radius 1 is 1.31 bits per heavy atom. The SMILES string of the molecule is O=C(O)[C@@H]1CC[C@@H]2OCCC[C@@H]2C1. The van der Waals surface area contributed by atoms with E-state index < -0.39 is 5.97 Å². The van der Waals surface area contributed by atoms with Crippen LogP contribution in [0.5, 0.6) is 0 Å². The summed E-state index contributed by atoms with van der Waals surface area (Å²) in [4.78, 5) is 10.8. The molecule has 3 nitrogen and oxygen atoms in total. The molecular formula is C10H16O3.